The molecule has 0 saturated carbocycles. The molecular formula is C49H52N6O8S2. The van der Waals surface area contributed by atoms with E-state index >= 15 is 0 Å². The molecule has 14 nitrogen and oxygen atoms in total. The van der Waals surface area contributed by atoms with E-state index in [-0.39, 0.29) is 55.3 Å². The number of aliphatic hydroxyl groups is 1. The molecule has 16 heteroatoms. The molecule has 338 valence electrons. The number of benzene rings is 4. The number of phenolic OH excluding ortho intramolecular Hbond substituents is 2. The predicted octanol–water partition coefficient (Wildman–Crippen LogP) is 7.70. The van der Waals surface area contributed by atoms with Gasteiger partial charge in [-0.3, -0.25) is 19.2 Å². The first-order valence-corrected chi connectivity index (χ1v) is 22.9. The van der Waals surface area contributed by atoms with E-state index in [0.717, 1.165) is 32.0 Å². The van der Waals surface area contributed by atoms with Crippen LogP contribution < -0.4 is 20.8 Å². The minimum absolute atomic E-state index is 0.0218. The zero-order valence-corrected chi connectivity index (χ0v) is 38.3. The largest absolute Gasteiger partial charge is 0.508 e. The Labute approximate surface area is 385 Å². The Balaban J connectivity index is 0.887. The smallest absolute Gasteiger partial charge is 0.273 e. The van der Waals surface area contributed by atoms with Crippen molar-refractivity contribution in [3.8, 4) is 38.1 Å². The maximum Gasteiger partial charge on any atom is 0.273 e. The van der Waals surface area contributed by atoms with E-state index in [2.05, 4.69) is 26.1 Å². The van der Waals surface area contributed by atoms with Crippen LogP contribution in [-0.2, 0) is 14.4 Å². The van der Waals surface area contributed by atoms with Gasteiger partial charge in [-0.1, -0.05) is 45.0 Å². The summed E-state index contributed by atoms with van der Waals surface area (Å²) in [5.74, 6) is -0.826. The number of carbonyl (C=O) groups excluding carboxylic acids is 4. The first kappa shape index (κ1) is 46.4. The molecule has 4 unspecified atom stereocenters. The zero-order valence-electron chi connectivity index (χ0n) is 36.7. The van der Waals surface area contributed by atoms with Crippen molar-refractivity contribution in [2.45, 2.75) is 78.1 Å². The van der Waals surface area contributed by atoms with Crippen LogP contribution in [0.15, 0.2) is 102 Å². The summed E-state index contributed by atoms with van der Waals surface area (Å²) in [6, 6.07) is 24.1. The first-order chi connectivity index (χ1) is 31.0. The summed E-state index contributed by atoms with van der Waals surface area (Å²) < 4.78 is 6.61. The second kappa shape index (κ2) is 20.0. The molecular weight excluding hydrogens is 865 g/mol. The van der Waals surface area contributed by atoms with Crippen molar-refractivity contribution in [3.63, 3.8) is 0 Å². The minimum atomic E-state index is -0.948. The molecule has 2 aromatic heterocycles. The molecule has 0 radical (unpaired) electrons. The van der Waals surface area contributed by atoms with E-state index in [1.165, 1.54) is 28.5 Å². The summed E-state index contributed by atoms with van der Waals surface area (Å²) >= 11 is 2.92. The molecule has 4 atom stereocenters. The molecule has 65 heavy (non-hydrogen) atoms. The molecule has 3 heterocycles. The van der Waals surface area contributed by atoms with Gasteiger partial charge in [-0.05, 0) is 115 Å². The highest BCUT2D eigenvalue weighted by Crippen LogP contribution is 2.40. The highest BCUT2D eigenvalue weighted by Gasteiger charge is 2.44. The number of ether oxygens (including phenoxy) is 1. The SMILES string of the molecule is Cc1ncsc1-c1ccc(C(C)NC(=O)C2CC(O)CN2C(=O)C(NC(=O)CCCOc2ccc(C=NNC(=O)c3c(-c4ccc(O)cc4)sc4cc(O)ccc34)cc2)C(C)(C)C)cc1. The molecule has 1 saturated heterocycles. The van der Waals surface area contributed by atoms with Crippen LogP contribution in [0.4, 0.5) is 0 Å². The highest BCUT2D eigenvalue weighted by molar-refractivity contribution is 7.22. The zero-order chi connectivity index (χ0) is 46.4. The minimum Gasteiger partial charge on any atom is -0.508 e. The van der Waals surface area contributed by atoms with E-state index in [4.69, 9.17) is 4.74 Å². The van der Waals surface area contributed by atoms with Crippen molar-refractivity contribution >= 4 is 62.6 Å². The number of amides is 4. The van der Waals surface area contributed by atoms with E-state index in [1.54, 1.807) is 72.0 Å². The maximum absolute atomic E-state index is 14.1. The fourth-order valence-electron chi connectivity index (χ4n) is 7.67. The number of hydrogen-bond donors (Lipinski definition) is 6. The molecule has 4 amide bonds. The number of carbonyl (C=O) groups is 4. The van der Waals surface area contributed by atoms with Gasteiger partial charge >= 0.3 is 0 Å². The lowest BCUT2D eigenvalue weighted by molar-refractivity contribution is -0.144. The molecule has 1 fully saturated rings. The highest BCUT2D eigenvalue weighted by atomic mass is 32.1. The van der Waals surface area contributed by atoms with Gasteiger partial charge in [0.05, 0.1) is 46.6 Å². The summed E-state index contributed by atoms with van der Waals surface area (Å²) in [5, 5.41) is 41.2. The summed E-state index contributed by atoms with van der Waals surface area (Å²) in [5.41, 5.74) is 8.44. The van der Waals surface area contributed by atoms with Crippen LogP contribution in [-0.4, -0.2) is 86.4 Å². The summed E-state index contributed by atoms with van der Waals surface area (Å²) in [7, 11) is 0. The molecule has 1 aliphatic heterocycles. The number of aliphatic hydroxyl groups excluding tert-OH is 1. The van der Waals surface area contributed by atoms with Gasteiger partial charge in [0.15, 0.2) is 0 Å². The standard InChI is InChI=1S/C49H52N6O8S2/c1-28(31-10-12-32(13-11-31)43-29(2)50-27-64-43)52-46(60)39-23-36(58)26-55(39)48(62)45(49(3,4)5)53-41(59)7-6-22-63-37-19-8-30(9-20-37)25-51-54-47(61)42-38-21-18-35(57)24-40(38)65-44(42)33-14-16-34(56)17-15-33/h8-21,24-25,27-28,36,39,45,56-58H,6-7,22-23,26H2,1-5H3,(H,52,60)(H,53,59)(H,54,61). The van der Waals surface area contributed by atoms with Gasteiger partial charge in [0.1, 0.15) is 29.3 Å². The van der Waals surface area contributed by atoms with Gasteiger partial charge < -0.3 is 35.6 Å². The summed E-state index contributed by atoms with van der Waals surface area (Å²) in [6.07, 6.45) is 1.16. The number of nitrogens with one attached hydrogen (secondary N) is 3. The molecule has 0 bridgehead atoms. The van der Waals surface area contributed by atoms with Gasteiger partial charge in [-0.15, -0.1) is 22.7 Å². The molecule has 0 spiro atoms. The lowest BCUT2D eigenvalue weighted by Gasteiger charge is -2.35. The van der Waals surface area contributed by atoms with Crippen molar-refractivity contribution < 1.29 is 39.2 Å². The summed E-state index contributed by atoms with van der Waals surface area (Å²) in [6.45, 7) is 9.58. The number of thiazole rings is 1. The number of hydrazone groups is 1. The second-order valence-corrected chi connectivity index (χ2v) is 19.0. The van der Waals surface area contributed by atoms with Crippen LogP contribution >= 0.6 is 22.7 Å². The van der Waals surface area contributed by atoms with Crippen molar-refractivity contribution in [2.75, 3.05) is 13.2 Å². The molecule has 7 rings (SSSR count). The first-order valence-electron chi connectivity index (χ1n) is 21.3. The topological polar surface area (TPSA) is 203 Å². The molecule has 1 aliphatic rings. The number of hydrogen-bond acceptors (Lipinski definition) is 12. The number of rotatable bonds is 15. The van der Waals surface area contributed by atoms with Crippen LogP contribution in [0, 0.1) is 12.3 Å². The Kier molecular flexibility index (Phi) is 14.3. The van der Waals surface area contributed by atoms with Crippen LogP contribution in [0.5, 0.6) is 17.2 Å². The van der Waals surface area contributed by atoms with E-state index < -0.39 is 35.4 Å². The average Bonchev–Trinajstić information content (AvgIpc) is 4.00. The Morgan fingerprint density at radius 2 is 1.60 bits per heavy atom. The van der Waals surface area contributed by atoms with Gasteiger partial charge in [0.2, 0.25) is 17.7 Å². The normalized spacial score (nSPS) is 16.1. The van der Waals surface area contributed by atoms with E-state index in [1.807, 2.05) is 64.4 Å². The third-order valence-corrected chi connectivity index (χ3v) is 13.3. The average molecular weight is 917 g/mol. The van der Waals surface area contributed by atoms with E-state index in [9.17, 15) is 34.5 Å². The number of aryl methyl sites for hydroxylation is 1. The number of aromatic nitrogens is 1. The number of nitrogens with zero attached hydrogens (tertiary/aromatic N) is 3. The maximum atomic E-state index is 14.1. The van der Waals surface area contributed by atoms with Gasteiger partial charge in [0.25, 0.3) is 5.91 Å². The Hall–Kier alpha value is -6.62. The van der Waals surface area contributed by atoms with E-state index in [0.29, 0.717) is 33.6 Å². The van der Waals surface area contributed by atoms with Crippen LogP contribution in [0.1, 0.15) is 80.2 Å². The number of likely N-dealkylation sites (tertiary alicyclic amines) is 1. The number of fused-ring (bicyclic) bond motifs is 1. The molecule has 6 aromatic rings. The second-order valence-electron chi connectivity index (χ2n) is 17.1. The monoisotopic (exact) mass is 916 g/mol. The lowest BCUT2D eigenvalue weighted by Crippen LogP contribution is -2.57. The van der Waals surface area contributed by atoms with Crippen molar-refractivity contribution in [1.29, 1.82) is 0 Å². The van der Waals surface area contributed by atoms with Crippen molar-refractivity contribution in [1.82, 2.24) is 25.9 Å². The number of aromatic hydroxyl groups is 2. The third kappa shape index (κ3) is 11.2. The predicted molar refractivity (Wildman–Crippen MR) is 253 cm³/mol. The lowest BCUT2D eigenvalue weighted by atomic mass is 9.85. The summed E-state index contributed by atoms with van der Waals surface area (Å²) in [4.78, 5) is 61.9. The molecule has 0 aliphatic carbocycles. The van der Waals surface area contributed by atoms with Crippen LogP contribution in [0.25, 0.3) is 31.0 Å². The Morgan fingerprint density at radius 1 is 0.923 bits per heavy atom. The quantitative estimate of drug-likeness (QED) is 0.0339. The fraction of sp³-hybridized carbons (Fsp3) is 0.306. The fourth-order valence-corrected chi connectivity index (χ4v) is 9.72. The number of phenols is 2. The van der Waals surface area contributed by atoms with Gasteiger partial charge in [0, 0.05) is 34.3 Å². The van der Waals surface area contributed by atoms with Crippen molar-refractivity contribution in [3.05, 3.63) is 119 Å². The van der Waals surface area contributed by atoms with Crippen LogP contribution in [0.3, 0.4) is 0 Å². The molecule has 4 aromatic carbocycles. The Morgan fingerprint density at radius 3 is 2.28 bits per heavy atom. The van der Waals surface area contributed by atoms with Gasteiger partial charge in [-0.25, -0.2) is 10.4 Å². The van der Waals surface area contributed by atoms with Crippen LogP contribution in [0.2, 0.25) is 0 Å². The molecule has 6 N–H and O–H groups in total. The number of thiophene rings is 1. The van der Waals surface area contributed by atoms with Crippen molar-refractivity contribution in [2.24, 2.45) is 10.5 Å². The number of β-amino-alcohol motifs (C(OH)–C–C–N with tert-alkyl or cyclic N) is 1. The third-order valence-electron chi connectivity index (χ3n) is 11.2. The van der Waals surface area contributed by atoms with Gasteiger partial charge in [-0.2, -0.15) is 5.10 Å². The Bertz CT molecular complexity index is 2690.